The van der Waals surface area contributed by atoms with Gasteiger partial charge in [-0.3, -0.25) is 0 Å². The quantitative estimate of drug-likeness (QED) is 0.795. The maximum atomic E-state index is 5.83. The highest BCUT2D eigenvalue weighted by Crippen LogP contribution is 2.49. The third-order valence-corrected chi connectivity index (χ3v) is 5.84. The minimum atomic E-state index is 0.0414. The summed E-state index contributed by atoms with van der Waals surface area (Å²) >= 11 is 0. The van der Waals surface area contributed by atoms with E-state index in [1.165, 1.54) is 31.2 Å². The van der Waals surface area contributed by atoms with Crippen molar-refractivity contribution >= 4 is 0 Å². The number of benzene rings is 1. The highest BCUT2D eigenvalue weighted by atomic mass is 16.5. The highest BCUT2D eigenvalue weighted by molar-refractivity contribution is 5.17. The van der Waals surface area contributed by atoms with E-state index in [1.54, 1.807) is 0 Å². The zero-order chi connectivity index (χ0) is 16.3. The zero-order valence-corrected chi connectivity index (χ0v) is 15.1. The zero-order valence-electron chi connectivity index (χ0n) is 15.1. The maximum Gasteiger partial charge on any atom is 0.0641 e. The lowest BCUT2D eigenvalue weighted by molar-refractivity contribution is -0.0630. The molecule has 1 N–H and O–H groups in total. The number of hydrogen-bond acceptors (Lipinski definition) is 2. The topological polar surface area (TPSA) is 21.3 Å². The normalized spacial score (nSPS) is 26.7. The Balaban J connectivity index is 1.51. The van der Waals surface area contributed by atoms with Gasteiger partial charge in [0.15, 0.2) is 0 Å². The van der Waals surface area contributed by atoms with Gasteiger partial charge < -0.3 is 10.1 Å². The fourth-order valence-corrected chi connectivity index (χ4v) is 4.25. The molecule has 1 saturated heterocycles. The molecule has 0 unspecified atom stereocenters. The van der Waals surface area contributed by atoms with Crippen LogP contribution < -0.4 is 5.32 Å². The van der Waals surface area contributed by atoms with Gasteiger partial charge in [-0.05, 0) is 75.8 Å². The van der Waals surface area contributed by atoms with Crippen LogP contribution >= 0.6 is 0 Å². The molecule has 0 aromatic heterocycles. The molecule has 2 atom stereocenters. The fourth-order valence-electron chi connectivity index (χ4n) is 4.25. The van der Waals surface area contributed by atoms with Gasteiger partial charge in [-0.2, -0.15) is 0 Å². The molecule has 0 spiro atoms. The number of hydrogen-bond donors (Lipinski definition) is 1. The van der Waals surface area contributed by atoms with Crippen molar-refractivity contribution < 1.29 is 4.74 Å². The standard InChI is InChI=1S/C21H33NO/c1-20(2)16-19(11-14-23-20)22-13-12-21(3,18-9-10-18)15-17-7-5-4-6-8-17/h4-8,18-19,22H,9-16H2,1-3H3/t19-,21+/m0/s1. The summed E-state index contributed by atoms with van der Waals surface area (Å²) < 4.78 is 5.83. The Morgan fingerprint density at radius 3 is 2.57 bits per heavy atom. The molecule has 2 heteroatoms. The van der Waals surface area contributed by atoms with E-state index in [4.69, 9.17) is 4.74 Å². The predicted octanol–water partition coefficient (Wildman–Crippen LogP) is 4.58. The summed E-state index contributed by atoms with van der Waals surface area (Å²) in [4.78, 5) is 0. The predicted molar refractivity (Wildman–Crippen MR) is 96.6 cm³/mol. The summed E-state index contributed by atoms with van der Waals surface area (Å²) in [5.41, 5.74) is 1.99. The molecular formula is C21H33NO. The summed E-state index contributed by atoms with van der Waals surface area (Å²) in [5, 5.41) is 3.82. The molecule has 1 aromatic carbocycles. The van der Waals surface area contributed by atoms with Crippen LogP contribution in [0.15, 0.2) is 30.3 Å². The van der Waals surface area contributed by atoms with Gasteiger partial charge in [0, 0.05) is 12.6 Å². The van der Waals surface area contributed by atoms with E-state index >= 15 is 0 Å². The first-order valence-corrected chi connectivity index (χ1v) is 9.38. The largest absolute Gasteiger partial charge is 0.375 e. The third-order valence-electron chi connectivity index (χ3n) is 5.84. The lowest BCUT2D eigenvalue weighted by Crippen LogP contribution is -2.44. The SMILES string of the molecule is CC1(C)C[C@@H](NCC[C@](C)(Cc2ccccc2)C2CC2)CCO1. The maximum absolute atomic E-state index is 5.83. The van der Waals surface area contributed by atoms with Crippen LogP contribution in [0.25, 0.3) is 0 Å². The molecule has 0 bridgehead atoms. The van der Waals surface area contributed by atoms with Crippen molar-refractivity contribution in [3.05, 3.63) is 35.9 Å². The van der Waals surface area contributed by atoms with Crippen LogP contribution in [0.2, 0.25) is 0 Å². The minimum Gasteiger partial charge on any atom is -0.375 e. The van der Waals surface area contributed by atoms with E-state index in [1.807, 2.05) is 0 Å². The van der Waals surface area contributed by atoms with Crippen molar-refractivity contribution in [2.75, 3.05) is 13.2 Å². The van der Waals surface area contributed by atoms with Gasteiger partial charge in [0.05, 0.1) is 5.60 Å². The van der Waals surface area contributed by atoms with Gasteiger partial charge in [0.25, 0.3) is 0 Å². The van der Waals surface area contributed by atoms with Crippen LogP contribution in [0, 0.1) is 11.3 Å². The van der Waals surface area contributed by atoms with Crippen molar-refractivity contribution in [1.29, 1.82) is 0 Å². The Hall–Kier alpha value is -0.860. The Morgan fingerprint density at radius 1 is 1.17 bits per heavy atom. The van der Waals surface area contributed by atoms with E-state index in [0.717, 1.165) is 31.9 Å². The Bertz CT molecular complexity index is 494. The van der Waals surface area contributed by atoms with Gasteiger partial charge in [-0.15, -0.1) is 0 Å². The summed E-state index contributed by atoms with van der Waals surface area (Å²) in [5.74, 6) is 0.927. The van der Waals surface area contributed by atoms with Crippen LogP contribution in [0.3, 0.4) is 0 Å². The molecule has 3 rings (SSSR count). The molecule has 1 aromatic rings. The molecule has 0 radical (unpaired) electrons. The van der Waals surface area contributed by atoms with Crippen molar-refractivity contribution in [2.45, 2.75) is 70.9 Å². The van der Waals surface area contributed by atoms with Crippen LogP contribution in [0.5, 0.6) is 0 Å². The average Bonchev–Trinajstić information content (AvgIpc) is 3.32. The summed E-state index contributed by atoms with van der Waals surface area (Å²) in [6, 6.07) is 11.7. The molecule has 2 fully saturated rings. The Kier molecular flexibility index (Phi) is 5.13. The second kappa shape index (κ2) is 6.94. The molecule has 23 heavy (non-hydrogen) atoms. The molecule has 1 saturated carbocycles. The van der Waals surface area contributed by atoms with Crippen molar-refractivity contribution in [1.82, 2.24) is 5.32 Å². The van der Waals surface area contributed by atoms with E-state index in [2.05, 4.69) is 56.4 Å². The molecule has 0 amide bonds. The van der Waals surface area contributed by atoms with E-state index in [9.17, 15) is 0 Å². The third kappa shape index (κ3) is 4.81. The summed E-state index contributed by atoms with van der Waals surface area (Å²) in [6.45, 7) is 8.97. The second-order valence-corrected chi connectivity index (χ2v) is 8.59. The van der Waals surface area contributed by atoms with E-state index in [0.29, 0.717) is 11.5 Å². The van der Waals surface area contributed by atoms with Crippen molar-refractivity contribution in [3.8, 4) is 0 Å². The first-order valence-electron chi connectivity index (χ1n) is 9.38. The fraction of sp³-hybridized carbons (Fsp3) is 0.714. The molecule has 2 nitrogen and oxygen atoms in total. The molecule has 1 aliphatic carbocycles. The number of ether oxygens (including phenoxy) is 1. The van der Waals surface area contributed by atoms with Crippen molar-refractivity contribution in [2.24, 2.45) is 11.3 Å². The smallest absolute Gasteiger partial charge is 0.0641 e. The van der Waals surface area contributed by atoms with Gasteiger partial charge in [-0.1, -0.05) is 37.3 Å². The summed E-state index contributed by atoms with van der Waals surface area (Å²) in [6.07, 6.45) is 7.64. The first-order chi connectivity index (χ1) is 11.0. The van der Waals surface area contributed by atoms with Crippen molar-refractivity contribution in [3.63, 3.8) is 0 Å². The van der Waals surface area contributed by atoms with Crippen LogP contribution in [-0.2, 0) is 11.2 Å². The first kappa shape index (κ1) is 17.0. The Morgan fingerprint density at radius 2 is 1.91 bits per heavy atom. The van der Waals surface area contributed by atoms with Crippen LogP contribution in [-0.4, -0.2) is 24.8 Å². The van der Waals surface area contributed by atoms with E-state index < -0.39 is 0 Å². The van der Waals surface area contributed by atoms with E-state index in [-0.39, 0.29) is 5.60 Å². The number of rotatable bonds is 7. The monoisotopic (exact) mass is 315 g/mol. The lowest BCUT2D eigenvalue weighted by Gasteiger charge is -2.37. The average molecular weight is 316 g/mol. The summed E-state index contributed by atoms with van der Waals surface area (Å²) in [7, 11) is 0. The highest BCUT2D eigenvalue weighted by Gasteiger charge is 2.41. The van der Waals surface area contributed by atoms with Gasteiger partial charge in [-0.25, -0.2) is 0 Å². The lowest BCUT2D eigenvalue weighted by atomic mass is 9.76. The van der Waals surface area contributed by atoms with Gasteiger partial charge in [0.2, 0.25) is 0 Å². The molecular weight excluding hydrogens is 282 g/mol. The molecule has 2 aliphatic rings. The molecule has 128 valence electrons. The molecule has 1 aliphatic heterocycles. The van der Waals surface area contributed by atoms with Crippen LogP contribution in [0.1, 0.15) is 58.4 Å². The van der Waals surface area contributed by atoms with Gasteiger partial charge >= 0.3 is 0 Å². The second-order valence-electron chi connectivity index (χ2n) is 8.59. The van der Waals surface area contributed by atoms with Gasteiger partial charge in [0.1, 0.15) is 0 Å². The Labute approximate surface area is 142 Å². The number of nitrogens with one attached hydrogen (secondary N) is 1. The molecule has 1 heterocycles. The van der Waals surface area contributed by atoms with Crippen LogP contribution in [0.4, 0.5) is 0 Å². The minimum absolute atomic E-state index is 0.0414.